The van der Waals surface area contributed by atoms with Gasteiger partial charge in [0.2, 0.25) is 0 Å². The third kappa shape index (κ3) is 3.95. The Balaban J connectivity index is 1.90. The number of hydrogen-bond acceptors (Lipinski definition) is 5. The Kier molecular flexibility index (Phi) is 5.39. The Morgan fingerprint density at radius 2 is 2.04 bits per heavy atom. The molecule has 3 rings (SSSR count). The summed E-state index contributed by atoms with van der Waals surface area (Å²) in [6.45, 7) is 1.50. The lowest BCUT2D eigenvalue weighted by molar-refractivity contribution is -0.139. The van der Waals surface area contributed by atoms with E-state index in [-0.39, 0.29) is 5.91 Å². The molecular formula is C19H15NO4S2. The molecular weight excluding hydrogens is 370 g/mol. The van der Waals surface area contributed by atoms with Crippen molar-refractivity contribution in [2.75, 3.05) is 11.5 Å². The van der Waals surface area contributed by atoms with E-state index in [4.69, 9.17) is 22.1 Å². The van der Waals surface area contributed by atoms with E-state index in [0.717, 1.165) is 11.3 Å². The van der Waals surface area contributed by atoms with E-state index in [1.54, 1.807) is 30.3 Å². The van der Waals surface area contributed by atoms with Crippen LogP contribution in [0.1, 0.15) is 11.1 Å². The number of aliphatic carboxylic acids is 1. The van der Waals surface area contributed by atoms with Gasteiger partial charge in [0.05, 0.1) is 10.6 Å². The standard InChI is InChI=1S/C19H15NO4S2/c1-12-5-4-7-14(9-12)20-18(23)16(26-19(20)25)10-13-6-2-3-8-15(13)24-11-17(21)22/h2-10H,11H2,1H3,(H,21,22)/b16-10+. The SMILES string of the molecule is Cc1cccc(N2C(=O)/C(=C\c3ccccc3OCC(=O)O)SC2=S)c1. The number of aryl methyl sites for hydroxylation is 1. The van der Waals surface area contributed by atoms with Crippen LogP contribution in [-0.2, 0) is 9.59 Å². The van der Waals surface area contributed by atoms with Crippen molar-refractivity contribution in [3.8, 4) is 5.75 Å². The summed E-state index contributed by atoms with van der Waals surface area (Å²) in [7, 11) is 0. The van der Waals surface area contributed by atoms with Crippen molar-refractivity contribution in [3.63, 3.8) is 0 Å². The molecule has 132 valence electrons. The van der Waals surface area contributed by atoms with Gasteiger partial charge in [-0.2, -0.15) is 0 Å². The summed E-state index contributed by atoms with van der Waals surface area (Å²) in [6, 6.07) is 14.5. The van der Waals surface area contributed by atoms with Crippen molar-refractivity contribution < 1.29 is 19.4 Å². The number of carbonyl (C=O) groups is 2. The third-order valence-corrected chi connectivity index (χ3v) is 4.91. The summed E-state index contributed by atoms with van der Waals surface area (Å²) >= 11 is 6.58. The zero-order chi connectivity index (χ0) is 18.7. The van der Waals surface area contributed by atoms with E-state index in [1.807, 2.05) is 31.2 Å². The number of anilines is 1. The van der Waals surface area contributed by atoms with Crippen LogP contribution in [0.3, 0.4) is 0 Å². The van der Waals surface area contributed by atoms with Crippen molar-refractivity contribution in [2.45, 2.75) is 6.92 Å². The van der Waals surface area contributed by atoms with Crippen LogP contribution in [0.15, 0.2) is 53.4 Å². The zero-order valence-corrected chi connectivity index (χ0v) is 15.5. The van der Waals surface area contributed by atoms with Gasteiger partial charge in [0.1, 0.15) is 5.75 Å². The van der Waals surface area contributed by atoms with Crippen LogP contribution >= 0.6 is 24.0 Å². The maximum atomic E-state index is 12.8. The second-order valence-electron chi connectivity index (χ2n) is 5.58. The first-order chi connectivity index (χ1) is 12.5. The molecule has 26 heavy (non-hydrogen) atoms. The lowest BCUT2D eigenvalue weighted by atomic mass is 10.1. The van der Waals surface area contributed by atoms with Gasteiger partial charge >= 0.3 is 5.97 Å². The molecule has 0 radical (unpaired) electrons. The molecule has 7 heteroatoms. The smallest absolute Gasteiger partial charge is 0.341 e. The zero-order valence-electron chi connectivity index (χ0n) is 13.8. The molecule has 0 unspecified atom stereocenters. The number of ether oxygens (including phenoxy) is 1. The minimum absolute atomic E-state index is 0.210. The molecule has 0 bridgehead atoms. The van der Waals surface area contributed by atoms with E-state index < -0.39 is 12.6 Å². The molecule has 0 aromatic heterocycles. The van der Waals surface area contributed by atoms with Crippen molar-refractivity contribution >= 4 is 51.9 Å². The van der Waals surface area contributed by atoms with Crippen molar-refractivity contribution in [2.24, 2.45) is 0 Å². The number of carbonyl (C=O) groups excluding carboxylic acids is 1. The maximum absolute atomic E-state index is 12.8. The predicted molar refractivity (Wildman–Crippen MR) is 106 cm³/mol. The molecule has 0 atom stereocenters. The number of carboxylic acid groups (broad SMARTS) is 1. The highest BCUT2D eigenvalue weighted by atomic mass is 32.2. The molecule has 0 spiro atoms. The van der Waals surface area contributed by atoms with Crippen LogP contribution in [0.5, 0.6) is 5.75 Å². The normalized spacial score (nSPS) is 15.6. The number of carboxylic acids is 1. The third-order valence-electron chi connectivity index (χ3n) is 3.61. The number of thioether (sulfide) groups is 1. The first kappa shape index (κ1) is 18.2. The monoisotopic (exact) mass is 385 g/mol. The van der Waals surface area contributed by atoms with Gasteiger partial charge in [-0.15, -0.1) is 0 Å². The average molecular weight is 385 g/mol. The van der Waals surface area contributed by atoms with Gasteiger partial charge in [0.25, 0.3) is 5.91 Å². The van der Waals surface area contributed by atoms with E-state index in [9.17, 15) is 9.59 Å². The Morgan fingerprint density at radius 3 is 2.77 bits per heavy atom. The number of thiocarbonyl (C=S) groups is 1. The number of benzene rings is 2. The molecule has 1 N–H and O–H groups in total. The molecule has 1 heterocycles. The van der Waals surface area contributed by atoms with Gasteiger partial charge in [-0.25, -0.2) is 4.79 Å². The number of amides is 1. The highest BCUT2D eigenvalue weighted by molar-refractivity contribution is 8.27. The fraction of sp³-hybridized carbons (Fsp3) is 0.105. The van der Waals surface area contributed by atoms with Crippen LogP contribution in [0, 0.1) is 6.92 Å². The number of nitrogens with zero attached hydrogens (tertiary/aromatic N) is 1. The Morgan fingerprint density at radius 1 is 1.27 bits per heavy atom. The molecule has 2 aromatic rings. The molecule has 1 amide bonds. The molecule has 1 fully saturated rings. The van der Waals surface area contributed by atoms with Crippen molar-refractivity contribution in [1.82, 2.24) is 0 Å². The largest absolute Gasteiger partial charge is 0.481 e. The highest BCUT2D eigenvalue weighted by Crippen LogP contribution is 2.37. The van der Waals surface area contributed by atoms with Gasteiger partial charge in [0.15, 0.2) is 10.9 Å². The van der Waals surface area contributed by atoms with Crippen LogP contribution in [0.2, 0.25) is 0 Å². The van der Waals surface area contributed by atoms with Gasteiger partial charge in [-0.3, -0.25) is 9.69 Å². The molecule has 0 aliphatic carbocycles. The van der Waals surface area contributed by atoms with Crippen molar-refractivity contribution in [3.05, 3.63) is 64.6 Å². The first-order valence-electron chi connectivity index (χ1n) is 7.74. The average Bonchev–Trinajstić information content (AvgIpc) is 2.87. The molecule has 1 aliphatic heterocycles. The topological polar surface area (TPSA) is 66.8 Å². The summed E-state index contributed by atoms with van der Waals surface area (Å²) < 4.78 is 5.74. The fourth-order valence-corrected chi connectivity index (χ4v) is 3.76. The lowest BCUT2D eigenvalue weighted by Crippen LogP contribution is -2.27. The Labute approximate surface area is 160 Å². The van der Waals surface area contributed by atoms with Crippen LogP contribution in [-0.4, -0.2) is 27.9 Å². The predicted octanol–water partition coefficient (Wildman–Crippen LogP) is 3.86. The van der Waals surface area contributed by atoms with Crippen molar-refractivity contribution in [1.29, 1.82) is 0 Å². The molecule has 5 nitrogen and oxygen atoms in total. The summed E-state index contributed by atoms with van der Waals surface area (Å²) in [5.41, 5.74) is 2.39. The second kappa shape index (κ2) is 7.72. The molecule has 2 aromatic carbocycles. The van der Waals surface area contributed by atoms with Crippen LogP contribution in [0.25, 0.3) is 6.08 Å². The molecule has 1 aliphatic rings. The number of rotatable bonds is 5. The summed E-state index contributed by atoms with van der Waals surface area (Å²) in [6.07, 6.45) is 1.67. The molecule has 0 saturated carbocycles. The van der Waals surface area contributed by atoms with Gasteiger partial charge < -0.3 is 9.84 Å². The van der Waals surface area contributed by atoms with E-state index in [1.165, 1.54) is 16.7 Å². The highest BCUT2D eigenvalue weighted by Gasteiger charge is 2.33. The second-order valence-corrected chi connectivity index (χ2v) is 7.25. The minimum atomic E-state index is -1.06. The van der Waals surface area contributed by atoms with Crippen LogP contribution in [0.4, 0.5) is 5.69 Å². The summed E-state index contributed by atoms with van der Waals surface area (Å²) in [4.78, 5) is 25.5. The minimum Gasteiger partial charge on any atom is -0.481 e. The lowest BCUT2D eigenvalue weighted by Gasteiger charge is -2.14. The first-order valence-corrected chi connectivity index (χ1v) is 8.96. The quantitative estimate of drug-likeness (QED) is 0.623. The maximum Gasteiger partial charge on any atom is 0.341 e. The van der Waals surface area contributed by atoms with E-state index in [2.05, 4.69) is 0 Å². The van der Waals surface area contributed by atoms with Gasteiger partial charge in [-0.1, -0.05) is 54.3 Å². The van der Waals surface area contributed by atoms with Gasteiger partial charge in [-0.05, 0) is 36.8 Å². The van der Waals surface area contributed by atoms with E-state index >= 15 is 0 Å². The molecule has 1 saturated heterocycles. The summed E-state index contributed by atoms with van der Waals surface area (Å²) in [5.74, 6) is -0.875. The van der Waals surface area contributed by atoms with Crippen LogP contribution < -0.4 is 9.64 Å². The van der Waals surface area contributed by atoms with E-state index in [0.29, 0.717) is 20.5 Å². The Hall–Kier alpha value is -2.64. The Bertz CT molecular complexity index is 923. The number of para-hydroxylation sites is 1. The summed E-state index contributed by atoms with van der Waals surface area (Å²) in [5, 5.41) is 8.79. The number of hydrogen-bond donors (Lipinski definition) is 1. The van der Waals surface area contributed by atoms with Gasteiger partial charge in [0, 0.05) is 5.56 Å². The fourth-order valence-electron chi connectivity index (χ4n) is 2.47.